The second-order valence-electron chi connectivity index (χ2n) is 3.16. The first-order chi connectivity index (χ1) is 6.72. The molecule has 0 fully saturated rings. The average molecular weight is 208 g/mol. The van der Waals surface area contributed by atoms with E-state index in [1.54, 1.807) is 11.8 Å². The van der Waals surface area contributed by atoms with Crippen molar-refractivity contribution in [1.29, 1.82) is 0 Å². The third-order valence-corrected chi connectivity index (χ3v) is 3.13. The van der Waals surface area contributed by atoms with Gasteiger partial charge in [-0.2, -0.15) is 0 Å². The lowest BCUT2D eigenvalue weighted by molar-refractivity contribution is 0.0988. The molecule has 0 aliphatic carbocycles. The highest BCUT2D eigenvalue weighted by Crippen LogP contribution is 2.22. The minimum absolute atomic E-state index is 0.225. The van der Waals surface area contributed by atoms with Crippen molar-refractivity contribution in [2.45, 2.75) is 31.6 Å². The number of rotatable bonds is 4. The molecule has 0 heterocycles. The second kappa shape index (κ2) is 5.20. The first-order valence-corrected chi connectivity index (χ1v) is 6.15. The topological polar surface area (TPSA) is 17.1 Å². The predicted molar refractivity (Wildman–Crippen MR) is 62.2 cm³/mol. The van der Waals surface area contributed by atoms with Gasteiger partial charge in [0, 0.05) is 16.9 Å². The quantitative estimate of drug-likeness (QED) is 0.556. The zero-order valence-electron chi connectivity index (χ0n) is 8.96. The first-order valence-electron chi connectivity index (χ1n) is 4.93. The molecule has 2 heteroatoms. The molecule has 0 radical (unpaired) electrons. The van der Waals surface area contributed by atoms with Crippen LogP contribution in [-0.4, -0.2) is 12.0 Å². The number of benzene rings is 1. The van der Waals surface area contributed by atoms with Crippen LogP contribution in [0.1, 0.15) is 36.2 Å². The Balaban J connectivity index is 3.07. The van der Waals surface area contributed by atoms with Crippen LogP contribution in [0.5, 0.6) is 0 Å². The summed E-state index contributed by atoms with van der Waals surface area (Å²) in [5, 5.41) is 0. The molecule has 0 amide bonds. The molecule has 1 aromatic carbocycles. The lowest BCUT2D eigenvalue weighted by Gasteiger charge is -2.06. The summed E-state index contributed by atoms with van der Waals surface area (Å²) >= 11 is 1.71. The lowest BCUT2D eigenvalue weighted by Crippen LogP contribution is -1.97. The number of hydrogen-bond donors (Lipinski definition) is 0. The minimum atomic E-state index is 0.225. The van der Waals surface area contributed by atoms with Gasteiger partial charge in [0.05, 0.1) is 0 Å². The van der Waals surface area contributed by atoms with Crippen LogP contribution >= 0.6 is 11.8 Å². The molecule has 1 aromatic rings. The van der Waals surface area contributed by atoms with Crippen molar-refractivity contribution < 1.29 is 4.79 Å². The SMILES string of the molecule is CCC(=O)c1ccc(CC)c(SC)c1. The largest absolute Gasteiger partial charge is 0.294 e. The van der Waals surface area contributed by atoms with Gasteiger partial charge in [-0.1, -0.05) is 26.0 Å². The van der Waals surface area contributed by atoms with E-state index in [0.717, 1.165) is 12.0 Å². The minimum Gasteiger partial charge on any atom is -0.294 e. The maximum atomic E-state index is 11.5. The molecule has 1 rings (SSSR count). The van der Waals surface area contributed by atoms with E-state index >= 15 is 0 Å². The zero-order valence-corrected chi connectivity index (χ0v) is 9.78. The second-order valence-corrected chi connectivity index (χ2v) is 4.00. The van der Waals surface area contributed by atoms with Crippen LogP contribution in [0.25, 0.3) is 0 Å². The molecule has 0 N–H and O–H groups in total. The predicted octanol–water partition coefficient (Wildman–Crippen LogP) is 3.56. The summed E-state index contributed by atoms with van der Waals surface area (Å²) in [7, 11) is 0. The number of aryl methyl sites for hydroxylation is 1. The summed E-state index contributed by atoms with van der Waals surface area (Å²) in [4.78, 5) is 12.7. The molecule has 0 aliphatic rings. The molecule has 0 spiro atoms. The molecule has 14 heavy (non-hydrogen) atoms. The summed E-state index contributed by atoms with van der Waals surface area (Å²) in [6.45, 7) is 4.03. The van der Waals surface area contributed by atoms with Gasteiger partial charge in [-0.15, -0.1) is 11.8 Å². The average Bonchev–Trinajstić information content (AvgIpc) is 2.26. The first kappa shape index (κ1) is 11.3. The molecule has 0 saturated heterocycles. The zero-order chi connectivity index (χ0) is 10.6. The van der Waals surface area contributed by atoms with Gasteiger partial charge >= 0.3 is 0 Å². The normalized spacial score (nSPS) is 10.2. The Kier molecular flexibility index (Phi) is 4.21. The van der Waals surface area contributed by atoms with Crippen LogP contribution in [0.4, 0.5) is 0 Å². The Morgan fingerprint density at radius 2 is 2.07 bits per heavy atom. The van der Waals surface area contributed by atoms with E-state index in [4.69, 9.17) is 0 Å². The van der Waals surface area contributed by atoms with Gasteiger partial charge in [-0.3, -0.25) is 4.79 Å². The van der Waals surface area contributed by atoms with E-state index in [0.29, 0.717) is 6.42 Å². The van der Waals surface area contributed by atoms with E-state index in [1.807, 2.05) is 19.1 Å². The molecule has 76 valence electrons. The third kappa shape index (κ3) is 2.38. The molecule has 0 bridgehead atoms. The smallest absolute Gasteiger partial charge is 0.162 e. The van der Waals surface area contributed by atoms with Crippen molar-refractivity contribution in [3.63, 3.8) is 0 Å². The van der Waals surface area contributed by atoms with E-state index < -0.39 is 0 Å². The summed E-state index contributed by atoms with van der Waals surface area (Å²) in [5.74, 6) is 0.225. The fraction of sp³-hybridized carbons (Fsp3) is 0.417. The Morgan fingerprint density at radius 3 is 2.57 bits per heavy atom. The number of Topliss-reactive ketones (excluding diaryl/α,β-unsaturated/α-hetero) is 1. The van der Waals surface area contributed by atoms with Crippen molar-refractivity contribution >= 4 is 17.5 Å². The van der Waals surface area contributed by atoms with Crippen LogP contribution in [0.2, 0.25) is 0 Å². The highest BCUT2D eigenvalue weighted by Gasteiger charge is 2.06. The van der Waals surface area contributed by atoms with Gasteiger partial charge in [0.2, 0.25) is 0 Å². The fourth-order valence-corrected chi connectivity index (χ4v) is 2.13. The van der Waals surface area contributed by atoms with Crippen molar-refractivity contribution in [3.8, 4) is 0 Å². The molecule has 0 atom stereocenters. The molecule has 0 saturated carbocycles. The van der Waals surface area contributed by atoms with Gasteiger partial charge in [-0.05, 0) is 24.3 Å². The maximum Gasteiger partial charge on any atom is 0.162 e. The Labute approximate surface area is 89.9 Å². The van der Waals surface area contributed by atoms with Gasteiger partial charge < -0.3 is 0 Å². The molecule has 1 nitrogen and oxygen atoms in total. The fourth-order valence-electron chi connectivity index (χ4n) is 1.41. The van der Waals surface area contributed by atoms with Crippen molar-refractivity contribution in [1.82, 2.24) is 0 Å². The Morgan fingerprint density at radius 1 is 1.36 bits per heavy atom. The summed E-state index contributed by atoms with van der Waals surface area (Å²) in [5.41, 5.74) is 2.17. The van der Waals surface area contributed by atoms with Crippen molar-refractivity contribution in [3.05, 3.63) is 29.3 Å². The molecule has 0 aliphatic heterocycles. The maximum absolute atomic E-state index is 11.5. The van der Waals surface area contributed by atoms with E-state index in [2.05, 4.69) is 19.2 Å². The van der Waals surface area contributed by atoms with E-state index in [-0.39, 0.29) is 5.78 Å². The van der Waals surface area contributed by atoms with Crippen LogP contribution in [0.3, 0.4) is 0 Å². The van der Waals surface area contributed by atoms with Crippen LogP contribution in [-0.2, 0) is 6.42 Å². The number of hydrogen-bond acceptors (Lipinski definition) is 2. The van der Waals surface area contributed by atoms with Gasteiger partial charge in [0.25, 0.3) is 0 Å². The highest BCUT2D eigenvalue weighted by molar-refractivity contribution is 7.98. The Bertz CT molecular complexity index is 331. The molecular weight excluding hydrogens is 192 g/mol. The Hall–Kier alpha value is -0.760. The number of ketones is 1. The standard InChI is InChI=1S/C12H16OS/c1-4-9-6-7-10(11(13)5-2)8-12(9)14-3/h6-8H,4-5H2,1-3H3. The van der Waals surface area contributed by atoms with Crippen LogP contribution < -0.4 is 0 Å². The van der Waals surface area contributed by atoms with Gasteiger partial charge in [-0.25, -0.2) is 0 Å². The summed E-state index contributed by atoms with van der Waals surface area (Å²) < 4.78 is 0. The number of carbonyl (C=O) groups excluding carboxylic acids is 1. The van der Waals surface area contributed by atoms with Crippen LogP contribution in [0, 0.1) is 0 Å². The monoisotopic (exact) mass is 208 g/mol. The number of carbonyl (C=O) groups is 1. The van der Waals surface area contributed by atoms with Crippen molar-refractivity contribution in [2.75, 3.05) is 6.26 Å². The van der Waals surface area contributed by atoms with Gasteiger partial charge in [0.15, 0.2) is 5.78 Å². The van der Waals surface area contributed by atoms with E-state index in [1.165, 1.54) is 10.5 Å². The molecule has 0 aromatic heterocycles. The number of thioether (sulfide) groups is 1. The van der Waals surface area contributed by atoms with Crippen molar-refractivity contribution in [2.24, 2.45) is 0 Å². The third-order valence-electron chi connectivity index (χ3n) is 2.31. The summed E-state index contributed by atoms with van der Waals surface area (Å²) in [6.07, 6.45) is 3.66. The summed E-state index contributed by atoms with van der Waals surface area (Å²) in [6, 6.07) is 6.01. The molecule has 0 unspecified atom stereocenters. The van der Waals surface area contributed by atoms with Gasteiger partial charge in [0.1, 0.15) is 0 Å². The van der Waals surface area contributed by atoms with Crippen LogP contribution in [0.15, 0.2) is 23.1 Å². The van der Waals surface area contributed by atoms with E-state index in [9.17, 15) is 4.79 Å². The highest BCUT2D eigenvalue weighted by atomic mass is 32.2. The molecular formula is C12H16OS. The lowest BCUT2D eigenvalue weighted by atomic mass is 10.1.